The molecular weight excluding hydrogens is 310 g/mol. The SMILES string of the molecule is Cc1cc(C)nc(NNC(=O)C2CC(=O)N(Cc3ccco3)C2)n1. The molecular formula is C16H19N5O3. The third-order valence-electron chi connectivity index (χ3n) is 3.79. The fraction of sp³-hybridized carbons (Fsp3) is 0.375. The summed E-state index contributed by atoms with van der Waals surface area (Å²) in [6.45, 7) is 4.44. The zero-order chi connectivity index (χ0) is 17.1. The summed E-state index contributed by atoms with van der Waals surface area (Å²) < 4.78 is 5.24. The van der Waals surface area contributed by atoms with Gasteiger partial charge in [0.25, 0.3) is 0 Å². The molecule has 2 N–H and O–H groups in total. The highest BCUT2D eigenvalue weighted by Crippen LogP contribution is 2.20. The van der Waals surface area contributed by atoms with Crippen LogP contribution in [0.4, 0.5) is 5.95 Å². The molecule has 1 fully saturated rings. The van der Waals surface area contributed by atoms with Crippen LogP contribution in [-0.2, 0) is 16.1 Å². The molecule has 8 heteroatoms. The normalized spacial score (nSPS) is 17.2. The molecule has 1 unspecified atom stereocenters. The van der Waals surface area contributed by atoms with E-state index in [0.29, 0.717) is 24.8 Å². The van der Waals surface area contributed by atoms with Crippen LogP contribution in [0.2, 0.25) is 0 Å². The summed E-state index contributed by atoms with van der Waals surface area (Å²) in [5.74, 6) is 0.303. The third-order valence-corrected chi connectivity index (χ3v) is 3.79. The van der Waals surface area contributed by atoms with Crippen molar-refractivity contribution in [2.45, 2.75) is 26.8 Å². The lowest BCUT2D eigenvalue weighted by molar-refractivity contribution is -0.129. The number of aromatic nitrogens is 2. The second-order valence-electron chi connectivity index (χ2n) is 5.84. The summed E-state index contributed by atoms with van der Waals surface area (Å²) in [5.41, 5.74) is 6.90. The van der Waals surface area contributed by atoms with Gasteiger partial charge in [-0.1, -0.05) is 0 Å². The lowest BCUT2D eigenvalue weighted by Gasteiger charge is -2.15. The van der Waals surface area contributed by atoms with Crippen molar-refractivity contribution in [1.82, 2.24) is 20.3 Å². The fourth-order valence-electron chi connectivity index (χ4n) is 2.69. The van der Waals surface area contributed by atoms with Crippen LogP contribution in [0.25, 0.3) is 0 Å². The zero-order valence-electron chi connectivity index (χ0n) is 13.6. The Labute approximate surface area is 139 Å². The van der Waals surface area contributed by atoms with Crippen LogP contribution in [0.15, 0.2) is 28.9 Å². The number of aryl methyl sites for hydroxylation is 2. The van der Waals surface area contributed by atoms with E-state index in [1.54, 1.807) is 23.3 Å². The number of anilines is 1. The summed E-state index contributed by atoms with van der Waals surface area (Å²) >= 11 is 0. The van der Waals surface area contributed by atoms with Gasteiger partial charge >= 0.3 is 0 Å². The van der Waals surface area contributed by atoms with Gasteiger partial charge in [0, 0.05) is 24.4 Å². The molecule has 0 aliphatic carbocycles. The number of hydrogen-bond acceptors (Lipinski definition) is 6. The van der Waals surface area contributed by atoms with Crippen LogP contribution < -0.4 is 10.9 Å². The van der Waals surface area contributed by atoms with Crippen molar-refractivity contribution >= 4 is 17.8 Å². The van der Waals surface area contributed by atoms with Crippen molar-refractivity contribution in [1.29, 1.82) is 0 Å². The van der Waals surface area contributed by atoms with Crippen LogP contribution in [0.3, 0.4) is 0 Å². The molecule has 0 bridgehead atoms. The molecule has 126 valence electrons. The Balaban J connectivity index is 1.55. The summed E-state index contributed by atoms with van der Waals surface area (Å²) in [7, 11) is 0. The Morgan fingerprint density at radius 2 is 2.12 bits per heavy atom. The monoisotopic (exact) mass is 329 g/mol. The molecule has 1 saturated heterocycles. The van der Waals surface area contributed by atoms with Gasteiger partial charge in [-0.05, 0) is 32.0 Å². The number of nitrogens with one attached hydrogen (secondary N) is 2. The van der Waals surface area contributed by atoms with E-state index in [0.717, 1.165) is 11.4 Å². The highest BCUT2D eigenvalue weighted by atomic mass is 16.3. The van der Waals surface area contributed by atoms with Gasteiger partial charge in [-0.2, -0.15) is 0 Å². The predicted octanol–water partition coefficient (Wildman–Crippen LogP) is 1.18. The molecule has 0 saturated carbocycles. The molecule has 24 heavy (non-hydrogen) atoms. The average Bonchev–Trinajstić information content (AvgIpc) is 3.15. The maximum absolute atomic E-state index is 12.3. The smallest absolute Gasteiger partial charge is 0.243 e. The Morgan fingerprint density at radius 3 is 2.79 bits per heavy atom. The average molecular weight is 329 g/mol. The van der Waals surface area contributed by atoms with Gasteiger partial charge in [-0.3, -0.25) is 20.4 Å². The number of likely N-dealkylation sites (tertiary alicyclic amines) is 1. The molecule has 0 aromatic carbocycles. The van der Waals surface area contributed by atoms with Crippen molar-refractivity contribution in [2.75, 3.05) is 12.0 Å². The zero-order valence-corrected chi connectivity index (χ0v) is 13.6. The lowest BCUT2D eigenvalue weighted by Crippen LogP contribution is -2.37. The maximum atomic E-state index is 12.3. The van der Waals surface area contributed by atoms with E-state index in [2.05, 4.69) is 20.8 Å². The van der Waals surface area contributed by atoms with Crippen LogP contribution in [0.5, 0.6) is 0 Å². The van der Waals surface area contributed by atoms with E-state index >= 15 is 0 Å². The molecule has 2 amide bonds. The first-order chi connectivity index (χ1) is 11.5. The first-order valence-electron chi connectivity index (χ1n) is 7.69. The van der Waals surface area contributed by atoms with Gasteiger partial charge in [0.1, 0.15) is 5.76 Å². The van der Waals surface area contributed by atoms with Crippen molar-refractivity contribution in [3.05, 3.63) is 41.6 Å². The molecule has 0 spiro atoms. The molecule has 8 nitrogen and oxygen atoms in total. The van der Waals surface area contributed by atoms with Gasteiger partial charge < -0.3 is 9.32 Å². The highest BCUT2D eigenvalue weighted by Gasteiger charge is 2.34. The molecule has 3 rings (SSSR count). The summed E-state index contributed by atoms with van der Waals surface area (Å²) in [6, 6.07) is 5.42. The van der Waals surface area contributed by atoms with Crippen molar-refractivity contribution in [2.24, 2.45) is 5.92 Å². The highest BCUT2D eigenvalue weighted by molar-refractivity contribution is 5.89. The molecule has 1 aliphatic heterocycles. The number of nitrogens with zero attached hydrogens (tertiary/aromatic N) is 3. The Hall–Kier alpha value is -2.90. The van der Waals surface area contributed by atoms with Gasteiger partial charge in [0.15, 0.2) is 0 Å². The lowest BCUT2D eigenvalue weighted by atomic mass is 10.1. The first-order valence-corrected chi connectivity index (χ1v) is 7.69. The Morgan fingerprint density at radius 1 is 1.38 bits per heavy atom. The number of hydrazine groups is 1. The standard InChI is InChI=1S/C16H19N5O3/c1-10-6-11(2)18-16(17-10)20-19-15(23)12-7-14(22)21(8-12)9-13-4-3-5-24-13/h3-6,12H,7-9H2,1-2H3,(H,19,23)(H,17,18,20). The first kappa shape index (κ1) is 16.0. The minimum Gasteiger partial charge on any atom is -0.467 e. The van der Waals surface area contributed by atoms with Crippen molar-refractivity contribution < 1.29 is 14.0 Å². The van der Waals surface area contributed by atoms with Gasteiger partial charge in [-0.15, -0.1) is 0 Å². The minimum absolute atomic E-state index is 0.0609. The van der Waals surface area contributed by atoms with Crippen LogP contribution in [-0.4, -0.2) is 33.2 Å². The number of hydrogen-bond donors (Lipinski definition) is 2. The number of furan rings is 1. The topological polar surface area (TPSA) is 100 Å². The Kier molecular flexibility index (Phi) is 4.45. The summed E-state index contributed by atoms with van der Waals surface area (Å²) in [6.07, 6.45) is 1.75. The van der Waals surface area contributed by atoms with Crippen LogP contribution in [0, 0.1) is 19.8 Å². The molecule has 0 radical (unpaired) electrons. The van der Waals surface area contributed by atoms with E-state index in [9.17, 15) is 9.59 Å². The summed E-state index contributed by atoms with van der Waals surface area (Å²) in [4.78, 5) is 34.3. The maximum Gasteiger partial charge on any atom is 0.243 e. The predicted molar refractivity (Wildman–Crippen MR) is 85.5 cm³/mol. The number of amides is 2. The van der Waals surface area contributed by atoms with E-state index in [4.69, 9.17) is 4.42 Å². The van der Waals surface area contributed by atoms with Crippen LogP contribution >= 0.6 is 0 Å². The fourth-order valence-corrected chi connectivity index (χ4v) is 2.69. The van der Waals surface area contributed by atoms with E-state index < -0.39 is 5.92 Å². The molecule has 3 heterocycles. The van der Waals surface area contributed by atoms with Gasteiger partial charge in [-0.25, -0.2) is 9.97 Å². The quantitative estimate of drug-likeness (QED) is 0.799. The minimum atomic E-state index is -0.411. The molecule has 1 atom stereocenters. The van der Waals surface area contributed by atoms with E-state index in [1.165, 1.54) is 0 Å². The largest absolute Gasteiger partial charge is 0.467 e. The number of carbonyl (C=O) groups is 2. The molecule has 2 aromatic rings. The number of carbonyl (C=O) groups excluding carboxylic acids is 2. The summed E-state index contributed by atoms with van der Waals surface area (Å²) in [5, 5.41) is 0. The molecule has 1 aliphatic rings. The van der Waals surface area contributed by atoms with Crippen molar-refractivity contribution in [3.63, 3.8) is 0 Å². The van der Waals surface area contributed by atoms with Gasteiger partial charge in [0.05, 0.1) is 18.7 Å². The molecule has 2 aromatic heterocycles. The van der Waals surface area contributed by atoms with Crippen molar-refractivity contribution in [3.8, 4) is 0 Å². The van der Waals surface area contributed by atoms with Crippen LogP contribution in [0.1, 0.15) is 23.6 Å². The van der Waals surface area contributed by atoms with E-state index in [1.807, 2.05) is 19.9 Å². The Bertz CT molecular complexity index is 724. The second-order valence-corrected chi connectivity index (χ2v) is 5.84. The van der Waals surface area contributed by atoms with E-state index in [-0.39, 0.29) is 18.2 Å². The third kappa shape index (κ3) is 3.70. The van der Waals surface area contributed by atoms with Gasteiger partial charge in [0.2, 0.25) is 17.8 Å². The second kappa shape index (κ2) is 6.69. The number of rotatable bonds is 5.